The van der Waals surface area contributed by atoms with E-state index in [1.165, 1.54) is 43.5 Å². The van der Waals surface area contributed by atoms with Gasteiger partial charge in [-0.2, -0.15) is 0 Å². The molecule has 0 spiro atoms. The highest BCUT2D eigenvalue weighted by atomic mass is 127. The number of guanidine groups is 1. The zero-order chi connectivity index (χ0) is 18.2. The van der Waals surface area contributed by atoms with E-state index in [-0.39, 0.29) is 29.4 Å². The molecule has 2 aliphatic heterocycles. The molecule has 5 nitrogen and oxygen atoms in total. The maximum atomic E-state index is 5.32. The number of rotatable bonds is 7. The summed E-state index contributed by atoms with van der Waals surface area (Å²) >= 11 is 0. The van der Waals surface area contributed by atoms with Gasteiger partial charge in [0.1, 0.15) is 0 Å². The van der Waals surface area contributed by atoms with E-state index in [0.717, 1.165) is 38.8 Å². The van der Waals surface area contributed by atoms with E-state index < -0.39 is 0 Å². The summed E-state index contributed by atoms with van der Waals surface area (Å²) in [7, 11) is 0. The number of hydrogen-bond donors (Lipinski definition) is 2. The van der Waals surface area contributed by atoms with E-state index in [2.05, 4.69) is 53.6 Å². The van der Waals surface area contributed by atoms with Gasteiger partial charge < -0.3 is 15.4 Å². The minimum atomic E-state index is 0. The number of aliphatic imine (C=N–C) groups is 1. The largest absolute Gasteiger partial charge is 0.380 e. The van der Waals surface area contributed by atoms with Crippen LogP contribution in [0.15, 0.2) is 29.3 Å². The molecule has 2 aliphatic rings. The number of halogens is 1. The van der Waals surface area contributed by atoms with Crippen molar-refractivity contribution < 1.29 is 4.74 Å². The molecule has 1 aromatic carbocycles. The predicted octanol–water partition coefficient (Wildman–Crippen LogP) is 3.38. The fraction of sp³-hybridized carbons (Fsp3) is 0.667. The number of benzene rings is 1. The Balaban J connectivity index is 0.00000261. The molecule has 2 fully saturated rings. The van der Waals surface area contributed by atoms with Crippen molar-refractivity contribution in [2.75, 3.05) is 39.4 Å². The molecule has 27 heavy (non-hydrogen) atoms. The van der Waals surface area contributed by atoms with Crippen LogP contribution in [0, 0.1) is 5.41 Å². The minimum Gasteiger partial charge on any atom is -0.380 e. The van der Waals surface area contributed by atoms with Gasteiger partial charge in [0, 0.05) is 25.0 Å². The molecule has 0 atom stereocenters. The van der Waals surface area contributed by atoms with Gasteiger partial charge in [-0.1, -0.05) is 37.6 Å². The van der Waals surface area contributed by atoms with Gasteiger partial charge in [-0.15, -0.1) is 24.0 Å². The van der Waals surface area contributed by atoms with Crippen LogP contribution in [0.2, 0.25) is 0 Å². The lowest BCUT2D eigenvalue weighted by atomic mass is 9.89. The third kappa shape index (κ3) is 7.23. The van der Waals surface area contributed by atoms with Crippen LogP contribution in [0.4, 0.5) is 0 Å². The fourth-order valence-corrected chi connectivity index (χ4v) is 3.49. The van der Waals surface area contributed by atoms with Crippen molar-refractivity contribution in [3.63, 3.8) is 0 Å². The summed E-state index contributed by atoms with van der Waals surface area (Å²) in [4.78, 5) is 7.30. The molecule has 2 heterocycles. The standard InChI is InChI=1S/C21H34N4O.HI/c1-3-22-20(24-15-21(2)16-26-17-21)23-13-18-7-9-19(10-8-18)14-25-11-5-4-6-12-25;/h7-10H,3-6,11-17H2,1-2H3,(H2,22,23,24);1H. The molecule has 0 radical (unpaired) electrons. The van der Waals surface area contributed by atoms with Gasteiger partial charge in [-0.25, -0.2) is 4.99 Å². The van der Waals surface area contributed by atoms with Crippen LogP contribution in [0.3, 0.4) is 0 Å². The maximum absolute atomic E-state index is 5.32. The Morgan fingerprint density at radius 3 is 2.33 bits per heavy atom. The molecule has 0 bridgehead atoms. The van der Waals surface area contributed by atoms with Gasteiger partial charge >= 0.3 is 0 Å². The Kier molecular flexibility index (Phi) is 9.32. The minimum absolute atomic E-state index is 0. The average molecular weight is 486 g/mol. The molecule has 2 saturated heterocycles. The summed E-state index contributed by atoms with van der Waals surface area (Å²) in [5.41, 5.74) is 2.90. The molecule has 0 amide bonds. The average Bonchev–Trinajstić information content (AvgIpc) is 2.64. The van der Waals surface area contributed by atoms with Gasteiger partial charge in [0.05, 0.1) is 19.8 Å². The zero-order valence-electron chi connectivity index (χ0n) is 16.8. The summed E-state index contributed by atoms with van der Waals surface area (Å²) in [6.45, 7) is 12.0. The van der Waals surface area contributed by atoms with Crippen LogP contribution < -0.4 is 10.6 Å². The summed E-state index contributed by atoms with van der Waals surface area (Å²) in [5, 5.41) is 6.78. The highest BCUT2D eigenvalue weighted by Gasteiger charge is 2.33. The van der Waals surface area contributed by atoms with Crippen molar-refractivity contribution in [3.05, 3.63) is 35.4 Å². The van der Waals surface area contributed by atoms with Crippen molar-refractivity contribution in [3.8, 4) is 0 Å². The molecule has 6 heteroatoms. The van der Waals surface area contributed by atoms with Gasteiger partial charge in [0.2, 0.25) is 0 Å². The first kappa shape index (κ1) is 22.4. The number of hydrogen-bond acceptors (Lipinski definition) is 3. The Bertz CT molecular complexity index is 580. The highest BCUT2D eigenvalue weighted by molar-refractivity contribution is 14.0. The molecule has 1 aromatic rings. The third-order valence-electron chi connectivity index (χ3n) is 5.23. The van der Waals surface area contributed by atoms with Crippen molar-refractivity contribution in [1.29, 1.82) is 0 Å². The van der Waals surface area contributed by atoms with Crippen LogP contribution in [-0.2, 0) is 17.8 Å². The SMILES string of the molecule is CCNC(=NCc1ccc(CN2CCCCC2)cc1)NCC1(C)COC1.I. The van der Waals surface area contributed by atoms with Crippen molar-refractivity contribution >= 4 is 29.9 Å². The first-order valence-corrected chi connectivity index (χ1v) is 10.1. The second-order valence-electron chi connectivity index (χ2n) is 8.01. The molecule has 0 aliphatic carbocycles. The molecule has 0 saturated carbocycles. The van der Waals surface area contributed by atoms with Crippen LogP contribution in [0.25, 0.3) is 0 Å². The van der Waals surface area contributed by atoms with E-state index in [0.29, 0.717) is 6.54 Å². The fourth-order valence-electron chi connectivity index (χ4n) is 3.49. The van der Waals surface area contributed by atoms with Crippen LogP contribution >= 0.6 is 24.0 Å². The van der Waals surface area contributed by atoms with Gasteiger partial charge in [0.15, 0.2) is 5.96 Å². The Labute approximate surface area is 181 Å². The van der Waals surface area contributed by atoms with Crippen molar-refractivity contribution in [1.82, 2.24) is 15.5 Å². The van der Waals surface area contributed by atoms with E-state index in [1.807, 2.05) is 0 Å². The summed E-state index contributed by atoms with van der Waals surface area (Å²) < 4.78 is 5.32. The van der Waals surface area contributed by atoms with E-state index in [4.69, 9.17) is 9.73 Å². The lowest BCUT2D eigenvalue weighted by molar-refractivity contribution is -0.0971. The number of likely N-dealkylation sites (tertiary alicyclic amines) is 1. The number of nitrogens with one attached hydrogen (secondary N) is 2. The van der Waals surface area contributed by atoms with Gasteiger partial charge in [-0.3, -0.25) is 4.90 Å². The lowest BCUT2D eigenvalue weighted by Gasteiger charge is -2.38. The number of ether oxygens (including phenoxy) is 1. The normalized spacial score (nSPS) is 19.7. The van der Waals surface area contributed by atoms with Gasteiger partial charge in [0.25, 0.3) is 0 Å². The molecule has 0 aromatic heterocycles. The number of piperidine rings is 1. The topological polar surface area (TPSA) is 48.9 Å². The maximum Gasteiger partial charge on any atom is 0.191 e. The Hall–Kier alpha value is -0.860. The second-order valence-corrected chi connectivity index (χ2v) is 8.01. The van der Waals surface area contributed by atoms with Crippen LogP contribution in [0.5, 0.6) is 0 Å². The Morgan fingerprint density at radius 1 is 1.07 bits per heavy atom. The molecular weight excluding hydrogens is 451 g/mol. The molecule has 152 valence electrons. The smallest absolute Gasteiger partial charge is 0.191 e. The van der Waals surface area contributed by atoms with Gasteiger partial charge in [-0.05, 0) is 44.0 Å². The van der Waals surface area contributed by atoms with E-state index in [1.54, 1.807) is 0 Å². The predicted molar refractivity (Wildman–Crippen MR) is 123 cm³/mol. The first-order chi connectivity index (χ1) is 12.7. The Morgan fingerprint density at radius 2 is 1.74 bits per heavy atom. The molecule has 0 unspecified atom stereocenters. The molecule has 2 N–H and O–H groups in total. The first-order valence-electron chi connectivity index (χ1n) is 10.1. The summed E-state index contributed by atoms with van der Waals surface area (Å²) in [6, 6.07) is 8.94. The van der Waals surface area contributed by atoms with Crippen LogP contribution in [0.1, 0.15) is 44.2 Å². The van der Waals surface area contributed by atoms with Crippen LogP contribution in [-0.4, -0.2) is 50.3 Å². The molecule has 3 rings (SSSR count). The summed E-state index contributed by atoms with van der Waals surface area (Å²) in [5.74, 6) is 0.887. The van der Waals surface area contributed by atoms with E-state index >= 15 is 0 Å². The lowest BCUT2D eigenvalue weighted by Crippen LogP contribution is -2.51. The number of nitrogens with zero attached hydrogens (tertiary/aromatic N) is 2. The summed E-state index contributed by atoms with van der Waals surface area (Å²) in [6.07, 6.45) is 4.08. The van der Waals surface area contributed by atoms with Crippen molar-refractivity contribution in [2.45, 2.75) is 46.2 Å². The highest BCUT2D eigenvalue weighted by Crippen LogP contribution is 2.25. The zero-order valence-corrected chi connectivity index (χ0v) is 19.1. The molecular formula is C21H35IN4O. The van der Waals surface area contributed by atoms with E-state index in [9.17, 15) is 0 Å². The van der Waals surface area contributed by atoms with Crippen molar-refractivity contribution in [2.24, 2.45) is 10.4 Å². The quantitative estimate of drug-likeness (QED) is 0.353. The second kappa shape index (κ2) is 11.2. The monoisotopic (exact) mass is 486 g/mol. The third-order valence-corrected chi connectivity index (χ3v) is 5.23.